The molecule has 0 bridgehead atoms. The first kappa shape index (κ1) is 26.2. The normalized spacial score (nSPS) is 24.8. The molecule has 1 aliphatic rings. The van der Waals surface area contributed by atoms with E-state index < -0.39 is 37.3 Å². The van der Waals surface area contributed by atoms with Crippen LogP contribution in [0.5, 0.6) is 0 Å². The number of nitrogens with one attached hydrogen (secondary N) is 1. The van der Waals surface area contributed by atoms with Gasteiger partial charge in [-0.2, -0.15) is 0 Å². The van der Waals surface area contributed by atoms with Crippen LogP contribution >= 0.6 is 0 Å². The highest BCUT2D eigenvalue weighted by Crippen LogP contribution is 2.22. The molecule has 34 heavy (non-hydrogen) atoms. The van der Waals surface area contributed by atoms with Crippen LogP contribution < -0.4 is 5.48 Å². The summed E-state index contributed by atoms with van der Waals surface area (Å²) < 4.78 is 12.4. The zero-order valence-electron chi connectivity index (χ0n) is 18.8. The maximum Gasteiger partial charge on any atom is 0.243 e. The van der Waals surface area contributed by atoms with Crippen LogP contribution in [0.1, 0.15) is 36.9 Å². The Kier molecular flexibility index (Phi) is 10.3. The first-order chi connectivity index (χ1) is 16.5. The molecule has 5 N–H and O–H groups in total. The summed E-state index contributed by atoms with van der Waals surface area (Å²) in [6.07, 6.45) is -2.26. The molecular formula is C22H32N4O8. The van der Waals surface area contributed by atoms with Gasteiger partial charge in [0, 0.05) is 13.0 Å². The summed E-state index contributed by atoms with van der Waals surface area (Å²) in [7, 11) is 0. The number of unbranched alkanes of at least 4 members (excludes halogenated alkanes) is 2. The van der Waals surface area contributed by atoms with Crippen LogP contribution in [0.15, 0.2) is 36.5 Å². The Labute approximate surface area is 197 Å². The van der Waals surface area contributed by atoms with Gasteiger partial charge in [0.05, 0.1) is 26.0 Å². The van der Waals surface area contributed by atoms with E-state index in [-0.39, 0.29) is 12.5 Å². The Hall–Kier alpha value is -2.45. The largest absolute Gasteiger partial charge is 0.394 e. The lowest BCUT2D eigenvalue weighted by molar-refractivity contribution is -0.304. The molecule has 0 saturated carbocycles. The fourth-order valence-corrected chi connectivity index (χ4v) is 3.45. The molecule has 12 nitrogen and oxygen atoms in total. The molecule has 0 aliphatic carbocycles. The molecule has 2 heterocycles. The molecule has 1 saturated heterocycles. The molecule has 3 rings (SSSR count). The van der Waals surface area contributed by atoms with E-state index in [4.69, 9.17) is 14.3 Å². The maximum absolute atomic E-state index is 11.8. The molecule has 2 aromatic rings. The van der Waals surface area contributed by atoms with E-state index in [1.165, 1.54) is 0 Å². The molecule has 0 spiro atoms. The van der Waals surface area contributed by atoms with Crippen LogP contribution in [0.4, 0.5) is 0 Å². The van der Waals surface area contributed by atoms with Gasteiger partial charge in [-0.3, -0.25) is 14.3 Å². The summed E-state index contributed by atoms with van der Waals surface area (Å²) in [6, 6.07) is 9.57. The quantitative estimate of drug-likeness (QED) is 0.184. The topological polar surface area (TPSA) is 168 Å². The van der Waals surface area contributed by atoms with Gasteiger partial charge in [-0.1, -0.05) is 42.0 Å². The highest BCUT2D eigenvalue weighted by atomic mass is 16.7. The van der Waals surface area contributed by atoms with Gasteiger partial charge >= 0.3 is 0 Å². The van der Waals surface area contributed by atoms with Gasteiger partial charge in [0.25, 0.3) is 0 Å². The standard InChI is InChI=1S/C22H32N4O8/c27-12-17-19(29)20(30)21(31)22(34-17)32-14-16-11-26(25-23-16)10-6-2-5-9-18(28)24-33-13-15-7-3-1-4-8-15/h1,3-4,7-8,11,17,19-22,27,29-31H,2,5-6,9-10,12-14H2,(H,24,28)/t17-,19-,20+,21+,22+/m1/s1. The zero-order chi connectivity index (χ0) is 24.3. The molecule has 0 radical (unpaired) electrons. The van der Waals surface area contributed by atoms with Crippen molar-refractivity contribution in [1.29, 1.82) is 0 Å². The average Bonchev–Trinajstić information content (AvgIpc) is 3.30. The Bertz CT molecular complexity index is 866. The summed E-state index contributed by atoms with van der Waals surface area (Å²) in [5.74, 6) is -0.163. The van der Waals surface area contributed by atoms with E-state index in [1.54, 1.807) is 10.9 Å². The van der Waals surface area contributed by atoms with E-state index in [9.17, 15) is 25.2 Å². The van der Waals surface area contributed by atoms with Crippen LogP contribution in [0.2, 0.25) is 0 Å². The third kappa shape index (κ3) is 7.81. The van der Waals surface area contributed by atoms with Crippen LogP contribution in [0, 0.1) is 0 Å². The molecule has 0 unspecified atom stereocenters. The van der Waals surface area contributed by atoms with E-state index in [0.717, 1.165) is 18.4 Å². The van der Waals surface area contributed by atoms with Crippen molar-refractivity contribution >= 4 is 5.91 Å². The second-order valence-corrected chi connectivity index (χ2v) is 8.09. The molecule has 1 aliphatic heterocycles. The number of aryl methyl sites for hydroxylation is 1. The van der Waals surface area contributed by atoms with E-state index in [2.05, 4.69) is 15.8 Å². The van der Waals surface area contributed by atoms with Gasteiger partial charge in [0.1, 0.15) is 30.1 Å². The Morgan fingerprint density at radius 3 is 2.62 bits per heavy atom. The summed E-state index contributed by atoms with van der Waals surface area (Å²) in [6.45, 7) is 0.371. The molecule has 5 atom stereocenters. The number of ether oxygens (including phenoxy) is 2. The SMILES string of the molecule is O=C(CCCCCn1cc(CO[C@H]2O[C@H](CO)[C@@H](O)[C@H](O)[C@@H]2O)nn1)NOCc1ccccc1. The summed E-state index contributed by atoms with van der Waals surface area (Å²) >= 11 is 0. The molecule has 1 aromatic heterocycles. The summed E-state index contributed by atoms with van der Waals surface area (Å²) in [5, 5.41) is 46.8. The number of carbonyl (C=O) groups excluding carboxylic acids is 1. The summed E-state index contributed by atoms with van der Waals surface area (Å²) in [5.41, 5.74) is 3.92. The summed E-state index contributed by atoms with van der Waals surface area (Å²) in [4.78, 5) is 17.0. The molecular weight excluding hydrogens is 448 g/mol. The Balaban J connectivity index is 1.27. The van der Waals surface area contributed by atoms with Crippen molar-refractivity contribution < 1.29 is 39.5 Å². The van der Waals surface area contributed by atoms with Crippen molar-refractivity contribution in [2.24, 2.45) is 0 Å². The molecule has 1 fully saturated rings. The second kappa shape index (κ2) is 13.4. The van der Waals surface area contributed by atoms with Crippen molar-refractivity contribution in [3.05, 3.63) is 47.8 Å². The zero-order valence-corrected chi connectivity index (χ0v) is 18.8. The number of hydroxylamine groups is 1. The molecule has 12 heteroatoms. The third-order valence-corrected chi connectivity index (χ3v) is 5.39. The van der Waals surface area contributed by atoms with E-state index >= 15 is 0 Å². The lowest BCUT2D eigenvalue weighted by Crippen LogP contribution is -2.59. The number of hydrogen-bond acceptors (Lipinski definition) is 10. The fourth-order valence-electron chi connectivity index (χ4n) is 3.45. The third-order valence-electron chi connectivity index (χ3n) is 5.39. The first-order valence-corrected chi connectivity index (χ1v) is 11.2. The smallest absolute Gasteiger partial charge is 0.243 e. The minimum Gasteiger partial charge on any atom is -0.394 e. The lowest BCUT2D eigenvalue weighted by atomic mass is 9.99. The minimum atomic E-state index is -1.50. The highest BCUT2D eigenvalue weighted by molar-refractivity contribution is 5.74. The van der Waals surface area contributed by atoms with Gasteiger partial charge in [-0.15, -0.1) is 5.10 Å². The van der Waals surface area contributed by atoms with Crippen molar-refractivity contribution in [3.63, 3.8) is 0 Å². The molecule has 1 amide bonds. The van der Waals surface area contributed by atoms with Gasteiger partial charge < -0.3 is 29.9 Å². The Morgan fingerprint density at radius 1 is 1.06 bits per heavy atom. The number of aromatic nitrogens is 3. The van der Waals surface area contributed by atoms with Crippen molar-refractivity contribution in [2.45, 2.75) is 76.1 Å². The number of nitrogens with zero attached hydrogens (tertiary/aromatic N) is 3. The predicted molar refractivity (Wildman–Crippen MR) is 116 cm³/mol. The van der Waals surface area contributed by atoms with Crippen molar-refractivity contribution in [3.8, 4) is 0 Å². The number of carbonyl (C=O) groups is 1. The van der Waals surface area contributed by atoms with Gasteiger partial charge in [-0.25, -0.2) is 5.48 Å². The number of benzene rings is 1. The fraction of sp³-hybridized carbons (Fsp3) is 0.591. The molecule has 1 aromatic carbocycles. The second-order valence-electron chi connectivity index (χ2n) is 8.09. The van der Waals surface area contributed by atoms with Crippen molar-refractivity contribution in [2.75, 3.05) is 6.61 Å². The van der Waals surface area contributed by atoms with Crippen LogP contribution in [0.25, 0.3) is 0 Å². The van der Waals surface area contributed by atoms with Crippen LogP contribution in [-0.2, 0) is 38.9 Å². The van der Waals surface area contributed by atoms with E-state index in [0.29, 0.717) is 31.7 Å². The number of aliphatic hydroxyl groups is 4. The van der Waals surface area contributed by atoms with Crippen LogP contribution in [-0.4, -0.2) is 78.6 Å². The van der Waals surface area contributed by atoms with Crippen LogP contribution in [0.3, 0.4) is 0 Å². The number of hydrogen-bond donors (Lipinski definition) is 5. The highest BCUT2D eigenvalue weighted by Gasteiger charge is 2.44. The van der Waals surface area contributed by atoms with Crippen molar-refractivity contribution in [1.82, 2.24) is 20.5 Å². The number of amides is 1. The van der Waals surface area contributed by atoms with Gasteiger partial charge in [0.2, 0.25) is 5.91 Å². The number of rotatable bonds is 13. The van der Waals surface area contributed by atoms with Gasteiger partial charge in [-0.05, 0) is 18.4 Å². The first-order valence-electron chi connectivity index (χ1n) is 11.2. The monoisotopic (exact) mass is 480 g/mol. The molecule has 188 valence electrons. The average molecular weight is 481 g/mol. The van der Waals surface area contributed by atoms with Gasteiger partial charge in [0.15, 0.2) is 6.29 Å². The van der Waals surface area contributed by atoms with E-state index in [1.807, 2.05) is 30.3 Å². The maximum atomic E-state index is 11.8. The minimum absolute atomic E-state index is 0.0359. The Morgan fingerprint density at radius 2 is 1.85 bits per heavy atom. The number of aliphatic hydroxyl groups excluding tert-OH is 4. The lowest BCUT2D eigenvalue weighted by Gasteiger charge is -2.39. The predicted octanol–water partition coefficient (Wildman–Crippen LogP) is -0.597.